The topological polar surface area (TPSA) is 58.6 Å². The molecule has 1 aromatic carbocycles. The first-order chi connectivity index (χ1) is 13.5. The predicted molar refractivity (Wildman–Crippen MR) is 108 cm³/mol. The van der Waals surface area contributed by atoms with Crippen molar-refractivity contribution in [2.24, 2.45) is 0 Å². The van der Waals surface area contributed by atoms with Gasteiger partial charge in [-0.1, -0.05) is 30.3 Å². The van der Waals surface area contributed by atoms with Crippen LogP contribution in [-0.2, 0) is 28.9 Å². The highest BCUT2D eigenvalue weighted by atomic mass is 16.5. The summed E-state index contributed by atoms with van der Waals surface area (Å²) in [5.74, 6) is 1.93. The molecule has 3 heterocycles. The van der Waals surface area contributed by atoms with Crippen LogP contribution < -0.4 is 4.90 Å². The van der Waals surface area contributed by atoms with Gasteiger partial charge in [0, 0.05) is 31.6 Å². The number of rotatable bonds is 3. The fraction of sp³-hybridized carbons (Fsp3) is 0.500. The summed E-state index contributed by atoms with van der Waals surface area (Å²) in [6.45, 7) is 9.05. The van der Waals surface area contributed by atoms with Crippen LogP contribution in [0.3, 0.4) is 0 Å². The zero-order chi connectivity index (χ0) is 19.7. The predicted octanol–water partition coefficient (Wildman–Crippen LogP) is 2.53. The number of aryl methyl sites for hydroxylation is 1. The van der Waals surface area contributed by atoms with Crippen LogP contribution >= 0.6 is 0 Å². The Kier molecular flexibility index (Phi) is 5.31. The quantitative estimate of drug-likeness (QED) is 0.819. The molecule has 28 heavy (non-hydrogen) atoms. The lowest BCUT2D eigenvalue weighted by molar-refractivity contribution is -0.131. The van der Waals surface area contributed by atoms with Crippen LogP contribution in [0, 0.1) is 6.92 Å². The first-order valence-corrected chi connectivity index (χ1v) is 10.1. The Bertz CT molecular complexity index is 845. The van der Waals surface area contributed by atoms with E-state index in [4.69, 9.17) is 9.72 Å². The van der Waals surface area contributed by atoms with E-state index in [1.165, 1.54) is 0 Å². The largest absolute Gasteiger partial charge is 0.372 e. The van der Waals surface area contributed by atoms with Gasteiger partial charge in [-0.2, -0.15) is 0 Å². The molecule has 0 aliphatic carbocycles. The molecular formula is C22H28N4O2. The summed E-state index contributed by atoms with van der Waals surface area (Å²) in [6.07, 6.45) is 1.54. The van der Waals surface area contributed by atoms with Gasteiger partial charge >= 0.3 is 0 Å². The smallest absolute Gasteiger partial charge is 0.227 e. The molecule has 4 rings (SSSR count). The number of amides is 1. The maximum Gasteiger partial charge on any atom is 0.227 e. The van der Waals surface area contributed by atoms with E-state index in [0.717, 1.165) is 48.0 Å². The molecule has 2 aromatic rings. The van der Waals surface area contributed by atoms with E-state index in [0.29, 0.717) is 19.5 Å². The molecule has 1 amide bonds. The number of aromatic nitrogens is 2. The average molecular weight is 380 g/mol. The number of ether oxygens (including phenoxy) is 1. The molecule has 6 heteroatoms. The summed E-state index contributed by atoms with van der Waals surface area (Å²) in [5.41, 5.74) is 3.23. The molecule has 1 aromatic heterocycles. The van der Waals surface area contributed by atoms with Crippen LogP contribution in [0.15, 0.2) is 30.3 Å². The Morgan fingerprint density at radius 2 is 1.86 bits per heavy atom. The van der Waals surface area contributed by atoms with Gasteiger partial charge in [-0.15, -0.1) is 0 Å². The van der Waals surface area contributed by atoms with Crippen molar-refractivity contribution >= 4 is 11.7 Å². The Balaban J connectivity index is 1.58. The zero-order valence-electron chi connectivity index (χ0n) is 16.9. The van der Waals surface area contributed by atoms with Gasteiger partial charge in [0.2, 0.25) is 5.91 Å². The summed E-state index contributed by atoms with van der Waals surface area (Å²) >= 11 is 0. The van der Waals surface area contributed by atoms with Crippen molar-refractivity contribution in [1.82, 2.24) is 14.9 Å². The van der Waals surface area contributed by atoms with Gasteiger partial charge in [0.1, 0.15) is 11.6 Å². The fourth-order valence-electron chi connectivity index (χ4n) is 4.22. The second-order valence-electron chi connectivity index (χ2n) is 7.91. The van der Waals surface area contributed by atoms with E-state index >= 15 is 0 Å². The van der Waals surface area contributed by atoms with Gasteiger partial charge in [0.05, 0.1) is 30.9 Å². The molecule has 2 aliphatic heterocycles. The van der Waals surface area contributed by atoms with E-state index in [-0.39, 0.29) is 18.1 Å². The minimum Gasteiger partial charge on any atom is -0.372 e. The summed E-state index contributed by atoms with van der Waals surface area (Å²) < 4.78 is 5.89. The van der Waals surface area contributed by atoms with Crippen LogP contribution in [0.4, 0.5) is 5.82 Å². The van der Waals surface area contributed by atoms with Crippen molar-refractivity contribution in [3.63, 3.8) is 0 Å². The minimum atomic E-state index is 0.159. The van der Waals surface area contributed by atoms with E-state index in [1.54, 1.807) is 0 Å². The molecule has 2 unspecified atom stereocenters. The lowest BCUT2D eigenvalue weighted by Crippen LogP contribution is -2.47. The SMILES string of the molecule is Cc1nc2c(c(N3CC(C)OC(C)C3)n1)CN(C(=O)Cc1ccccc1)CC2. The molecular weight excluding hydrogens is 352 g/mol. The summed E-state index contributed by atoms with van der Waals surface area (Å²) in [7, 11) is 0. The summed E-state index contributed by atoms with van der Waals surface area (Å²) in [4.78, 5) is 26.6. The maximum atomic E-state index is 12.9. The normalized spacial score (nSPS) is 22.1. The lowest BCUT2D eigenvalue weighted by atomic mass is 10.0. The Labute approximate surface area is 166 Å². The first-order valence-electron chi connectivity index (χ1n) is 10.1. The third-order valence-corrected chi connectivity index (χ3v) is 5.42. The molecule has 2 aliphatic rings. The van der Waals surface area contributed by atoms with Crippen molar-refractivity contribution in [2.45, 2.75) is 52.4 Å². The standard InChI is InChI=1S/C22H28N4O2/c1-15-12-26(13-16(2)28-15)22-19-14-25(10-9-20(19)23-17(3)24-22)21(27)11-18-7-5-4-6-8-18/h4-8,15-16H,9-14H2,1-3H3. The number of hydrogen-bond donors (Lipinski definition) is 0. The molecule has 2 atom stereocenters. The molecule has 148 valence electrons. The van der Waals surface area contributed by atoms with E-state index in [9.17, 15) is 4.79 Å². The highest BCUT2D eigenvalue weighted by molar-refractivity contribution is 5.79. The van der Waals surface area contributed by atoms with Gasteiger partial charge in [0.25, 0.3) is 0 Å². The molecule has 1 fully saturated rings. The fourth-order valence-corrected chi connectivity index (χ4v) is 4.22. The molecule has 0 N–H and O–H groups in total. The third-order valence-electron chi connectivity index (χ3n) is 5.42. The number of carbonyl (C=O) groups excluding carboxylic acids is 1. The van der Waals surface area contributed by atoms with Crippen molar-refractivity contribution in [3.8, 4) is 0 Å². The number of fused-ring (bicyclic) bond motifs is 1. The molecule has 6 nitrogen and oxygen atoms in total. The Morgan fingerprint density at radius 3 is 2.57 bits per heavy atom. The minimum absolute atomic E-state index is 0.159. The van der Waals surface area contributed by atoms with Crippen LogP contribution in [0.5, 0.6) is 0 Å². The van der Waals surface area contributed by atoms with Crippen molar-refractivity contribution < 1.29 is 9.53 Å². The monoisotopic (exact) mass is 380 g/mol. The Hall–Kier alpha value is -2.47. The molecule has 0 radical (unpaired) electrons. The van der Waals surface area contributed by atoms with Crippen molar-refractivity contribution in [1.29, 1.82) is 0 Å². The Morgan fingerprint density at radius 1 is 1.14 bits per heavy atom. The molecule has 0 saturated carbocycles. The van der Waals surface area contributed by atoms with Crippen LogP contribution in [-0.4, -0.2) is 52.6 Å². The van der Waals surface area contributed by atoms with Crippen LogP contribution in [0.1, 0.15) is 36.5 Å². The van der Waals surface area contributed by atoms with E-state index in [2.05, 4.69) is 23.7 Å². The molecule has 1 saturated heterocycles. The second-order valence-corrected chi connectivity index (χ2v) is 7.91. The van der Waals surface area contributed by atoms with E-state index in [1.807, 2.05) is 42.2 Å². The number of benzene rings is 1. The molecule has 0 bridgehead atoms. The van der Waals surface area contributed by atoms with E-state index < -0.39 is 0 Å². The zero-order valence-corrected chi connectivity index (χ0v) is 16.9. The average Bonchev–Trinajstić information content (AvgIpc) is 2.67. The number of nitrogens with zero attached hydrogens (tertiary/aromatic N) is 4. The van der Waals surface area contributed by atoms with Gasteiger partial charge < -0.3 is 14.5 Å². The number of anilines is 1. The van der Waals surface area contributed by atoms with Crippen LogP contribution in [0.25, 0.3) is 0 Å². The molecule has 0 spiro atoms. The van der Waals surface area contributed by atoms with Crippen molar-refractivity contribution in [3.05, 3.63) is 53.0 Å². The summed E-state index contributed by atoms with van der Waals surface area (Å²) in [5, 5.41) is 0. The van der Waals surface area contributed by atoms with Gasteiger partial charge in [-0.25, -0.2) is 9.97 Å². The highest BCUT2D eigenvalue weighted by Crippen LogP contribution is 2.29. The summed E-state index contributed by atoms with van der Waals surface area (Å²) in [6, 6.07) is 9.93. The number of hydrogen-bond acceptors (Lipinski definition) is 5. The van der Waals surface area contributed by atoms with Crippen molar-refractivity contribution in [2.75, 3.05) is 24.5 Å². The maximum absolute atomic E-state index is 12.9. The van der Waals surface area contributed by atoms with Gasteiger partial charge in [-0.3, -0.25) is 4.79 Å². The lowest BCUT2D eigenvalue weighted by Gasteiger charge is -2.38. The van der Waals surface area contributed by atoms with Gasteiger partial charge in [-0.05, 0) is 26.3 Å². The van der Waals surface area contributed by atoms with Gasteiger partial charge in [0.15, 0.2) is 0 Å². The second kappa shape index (κ2) is 7.87. The number of carbonyl (C=O) groups is 1. The highest BCUT2D eigenvalue weighted by Gasteiger charge is 2.30. The third kappa shape index (κ3) is 4.02. The number of morpholine rings is 1. The first kappa shape index (κ1) is 18.9. The van der Waals surface area contributed by atoms with Crippen LogP contribution in [0.2, 0.25) is 0 Å².